The van der Waals surface area contributed by atoms with Crippen LogP contribution in [0.15, 0.2) is 48.5 Å². The van der Waals surface area contributed by atoms with Crippen LogP contribution < -0.4 is 14.8 Å². The molecule has 2 fully saturated rings. The molecular weight excluding hydrogens is 448 g/mol. The third-order valence-electron chi connectivity index (χ3n) is 7.59. The fraction of sp³-hybridized carbons (Fsp3) is 0.533. The number of benzene rings is 2. The molecule has 0 aliphatic carbocycles. The summed E-state index contributed by atoms with van der Waals surface area (Å²) in [5.41, 5.74) is 5.43. The van der Waals surface area contributed by atoms with Gasteiger partial charge >= 0.3 is 0 Å². The van der Waals surface area contributed by atoms with Gasteiger partial charge in [0.1, 0.15) is 18.1 Å². The lowest BCUT2D eigenvalue weighted by molar-refractivity contribution is 0.261. The number of nitrogens with one attached hydrogen (secondary N) is 1. The van der Waals surface area contributed by atoms with E-state index in [4.69, 9.17) is 9.47 Å². The van der Waals surface area contributed by atoms with Gasteiger partial charge < -0.3 is 29.5 Å². The lowest BCUT2D eigenvalue weighted by atomic mass is 9.86. The van der Waals surface area contributed by atoms with E-state index >= 15 is 0 Å². The molecule has 0 amide bonds. The van der Waals surface area contributed by atoms with Gasteiger partial charge in [0.15, 0.2) is 0 Å². The second-order valence-electron chi connectivity index (χ2n) is 10.5. The van der Waals surface area contributed by atoms with Gasteiger partial charge in [0, 0.05) is 54.6 Å². The highest BCUT2D eigenvalue weighted by molar-refractivity contribution is 5.80. The summed E-state index contributed by atoms with van der Waals surface area (Å²) in [7, 11) is 8.11. The molecule has 1 N–H and O–H groups in total. The van der Waals surface area contributed by atoms with Crippen molar-refractivity contribution in [2.75, 3.05) is 72.9 Å². The van der Waals surface area contributed by atoms with E-state index in [0.29, 0.717) is 12.0 Å². The molecule has 1 spiro atoms. The van der Waals surface area contributed by atoms with Crippen LogP contribution in [0.2, 0.25) is 0 Å². The van der Waals surface area contributed by atoms with Crippen LogP contribution in [0.5, 0.6) is 11.5 Å². The Balaban J connectivity index is 0.00000148. The highest BCUT2D eigenvalue weighted by atomic mass is 16.5. The summed E-state index contributed by atoms with van der Waals surface area (Å²) in [5.74, 6) is 1.80. The van der Waals surface area contributed by atoms with E-state index in [1.54, 1.807) is 7.11 Å². The van der Waals surface area contributed by atoms with Crippen molar-refractivity contribution in [3.63, 3.8) is 0 Å². The first-order chi connectivity index (χ1) is 17.4. The zero-order valence-corrected chi connectivity index (χ0v) is 23.0. The number of anilines is 1. The summed E-state index contributed by atoms with van der Waals surface area (Å²) < 4.78 is 11.4. The van der Waals surface area contributed by atoms with E-state index in [9.17, 15) is 0 Å². The van der Waals surface area contributed by atoms with Crippen molar-refractivity contribution >= 4 is 11.4 Å². The standard InChI is InChI=1S/C28H38N4O2.C2H6/c1-30(2)15-16-34-22-7-5-21(6-8-22)25-18-27(24-10-9-23(33-4)17-26(24)29-25)32-14-12-28(20-32)11-13-31(3)19-28;1-2/h5-10,17-18,25,29H,11-16,19-20H2,1-4H3;1-2H3. The van der Waals surface area contributed by atoms with Gasteiger partial charge in [-0.1, -0.05) is 26.0 Å². The van der Waals surface area contributed by atoms with Gasteiger partial charge in [-0.15, -0.1) is 0 Å². The summed E-state index contributed by atoms with van der Waals surface area (Å²) in [6.45, 7) is 10.3. The van der Waals surface area contributed by atoms with Crippen molar-refractivity contribution < 1.29 is 9.47 Å². The molecule has 196 valence electrons. The van der Waals surface area contributed by atoms with Crippen molar-refractivity contribution in [2.45, 2.75) is 32.7 Å². The van der Waals surface area contributed by atoms with Gasteiger partial charge in [-0.3, -0.25) is 0 Å². The minimum absolute atomic E-state index is 0.105. The minimum Gasteiger partial charge on any atom is -0.497 e. The Morgan fingerprint density at radius 2 is 1.72 bits per heavy atom. The predicted octanol–water partition coefficient (Wildman–Crippen LogP) is 5.20. The van der Waals surface area contributed by atoms with Crippen molar-refractivity contribution in [1.82, 2.24) is 14.7 Å². The molecule has 2 aromatic carbocycles. The van der Waals surface area contributed by atoms with Crippen LogP contribution >= 0.6 is 0 Å². The monoisotopic (exact) mass is 492 g/mol. The summed E-state index contributed by atoms with van der Waals surface area (Å²) in [6, 6.07) is 15.0. The molecule has 0 saturated carbocycles. The first-order valence-electron chi connectivity index (χ1n) is 13.4. The molecule has 3 aliphatic rings. The van der Waals surface area contributed by atoms with Crippen LogP contribution in [0, 0.1) is 5.41 Å². The van der Waals surface area contributed by atoms with Crippen LogP contribution in [-0.4, -0.2) is 82.3 Å². The second kappa shape index (κ2) is 11.6. The molecule has 2 atom stereocenters. The topological polar surface area (TPSA) is 40.2 Å². The lowest BCUT2D eigenvalue weighted by Crippen LogP contribution is -2.30. The number of likely N-dealkylation sites (tertiary alicyclic amines) is 2. The van der Waals surface area contributed by atoms with Gasteiger partial charge in [0.25, 0.3) is 0 Å². The quantitative estimate of drug-likeness (QED) is 0.573. The van der Waals surface area contributed by atoms with Crippen molar-refractivity contribution in [3.05, 3.63) is 59.7 Å². The summed E-state index contributed by atoms with van der Waals surface area (Å²) in [4.78, 5) is 7.24. The molecule has 5 rings (SSSR count). The Hall–Kier alpha value is -2.70. The van der Waals surface area contributed by atoms with Crippen molar-refractivity contribution in [1.29, 1.82) is 0 Å². The number of hydrogen-bond acceptors (Lipinski definition) is 6. The summed E-state index contributed by atoms with van der Waals surface area (Å²) in [5, 5.41) is 3.75. The molecule has 6 nitrogen and oxygen atoms in total. The van der Waals surface area contributed by atoms with Gasteiger partial charge in [-0.25, -0.2) is 0 Å². The van der Waals surface area contributed by atoms with Gasteiger partial charge in [-0.2, -0.15) is 0 Å². The van der Waals surface area contributed by atoms with Gasteiger partial charge in [-0.05, 0) is 76.4 Å². The molecule has 2 unspecified atom stereocenters. The Morgan fingerprint density at radius 1 is 1.00 bits per heavy atom. The van der Waals surface area contributed by atoms with Crippen molar-refractivity contribution in [3.8, 4) is 11.5 Å². The zero-order chi connectivity index (χ0) is 25.7. The molecule has 0 aromatic heterocycles. The molecule has 6 heteroatoms. The Bertz CT molecular complexity index is 1040. The third kappa shape index (κ3) is 5.81. The molecule has 0 bridgehead atoms. The first kappa shape index (κ1) is 26.4. The van der Waals surface area contributed by atoms with Crippen LogP contribution in [0.4, 0.5) is 5.69 Å². The molecule has 3 heterocycles. The smallest absolute Gasteiger partial charge is 0.120 e. The maximum absolute atomic E-state index is 5.90. The summed E-state index contributed by atoms with van der Waals surface area (Å²) >= 11 is 0. The molecular formula is C30H44N4O2. The minimum atomic E-state index is 0.105. The lowest BCUT2D eigenvalue weighted by Gasteiger charge is -2.33. The largest absolute Gasteiger partial charge is 0.497 e. The average molecular weight is 493 g/mol. The highest BCUT2D eigenvalue weighted by Gasteiger charge is 2.43. The number of rotatable bonds is 7. The van der Waals surface area contributed by atoms with E-state index in [1.807, 2.05) is 13.8 Å². The molecule has 36 heavy (non-hydrogen) atoms. The fourth-order valence-electron chi connectivity index (χ4n) is 5.66. The van der Waals surface area contributed by atoms with Crippen molar-refractivity contribution in [2.24, 2.45) is 5.41 Å². The number of hydrogen-bond donors (Lipinski definition) is 1. The highest BCUT2D eigenvalue weighted by Crippen LogP contribution is 2.45. The average Bonchev–Trinajstić information content (AvgIpc) is 3.49. The van der Waals surface area contributed by atoms with Crippen LogP contribution in [-0.2, 0) is 0 Å². The molecule has 2 aromatic rings. The van der Waals surface area contributed by atoms with Gasteiger partial charge in [0.05, 0.1) is 13.2 Å². The zero-order valence-electron chi connectivity index (χ0n) is 23.0. The number of nitrogens with zero attached hydrogens (tertiary/aromatic N) is 3. The van der Waals surface area contributed by atoms with E-state index in [2.05, 4.69) is 89.7 Å². The maximum Gasteiger partial charge on any atom is 0.120 e. The van der Waals surface area contributed by atoms with E-state index in [1.165, 1.54) is 42.8 Å². The van der Waals surface area contributed by atoms with E-state index in [-0.39, 0.29) is 6.04 Å². The predicted molar refractivity (Wildman–Crippen MR) is 150 cm³/mol. The Kier molecular flexibility index (Phi) is 8.47. The molecule has 0 radical (unpaired) electrons. The number of methoxy groups -OCH3 is 1. The van der Waals surface area contributed by atoms with Crippen LogP contribution in [0.25, 0.3) is 5.70 Å². The SMILES string of the molecule is CC.COc1ccc2c(c1)NC(c1ccc(OCCN(C)C)cc1)C=C2N1CCC2(CCN(C)C2)C1. The first-order valence-corrected chi connectivity index (χ1v) is 13.4. The Morgan fingerprint density at radius 3 is 2.39 bits per heavy atom. The van der Waals surface area contributed by atoms with Crippen LogP contribution in [0.3, 0.4) is 0 Å². The number of fused-ring (bicyclic) bond motifs is 1. The molecule has 3 aliphatic heterocycles. The molecule has 2 saturated heterocycles. The Labute approximate surface area is 217 Å². The normalized spacial score (nSPS) is 23.1. The third-order valence-corrected chi connectivity index (χ3v) is 7.59. The fourth-order valence-corrected chi connectivity index (χ4v) is 5.66. The van der Waals surface area contributed by atoms with Gasteiger partial charge in [0.2, 0.25) is 0 Å². The summed E-state index contributed by atoms with van der Waals surface area (Å²) in [6.07, 6.45) is 4.99. The second-order valence-corrected chi connectivity index (χ2v) is 10.5. The number of likely N-dealkylation sites (N-methyl/N-ethyl adjacent to an activating group) is 1. The van der Waals surface area contributed by atoms with E-state index in [0.717, 1.165) is 36.8 Å². The maximum atomic E-state index is 5.90. The van der Waals surface area contributed by atoms with E-state index < -0.39 is 0 Å². The number of ether oxygens (including phenoxy) is 2. The van der Waals surface area contributed by atoms with Crippen LogP contribution in [0.1, 0.15) is 43.9 Å².